The summed E-state index contributed by atoms with van der Waals surface area (Å²) in [4.78, 5) is 7.92. The van der Waals surface area contributed by atoms with Crippen molar-refractivity contribution in [3.8, 4) is 22.8 Å². The summed E-state index contributed by atoms with van der Waals surface area (Å²) < 4.78 is 28.9. The van der Waals surface area contributed by atoms with Crippen molar-refractivity contribution in [2.24, 2.45) is 5.41 Å². The van der Waals surface area contributed by atoms with Crippen molar-refractivity contribution in [3.05, 3.63) is 76.9 Å². The van der Waals surface area contributed by atoms with Crippen molar-refractivity contribution >= 4 is 0 Å². The van der Waals surface area contributed by atoms with Gasteiger partial charge in [0, 0.05) is 0 Å². The highest BCUT2D eigenvalue weighted by atomic mass is 19.1. The third-order valence-corrected chi connectivity index (χ3v) is 7.71. The van der Waals surface area contributed by atoms with Gasteiger partial charge in [-0.25, -0.2) is 13.8 Å². The Labute approximate surface area is 194 Å². The van der Waals surface area contributed by atoms with Crippen LogP contribution in [0.1, 0.15) is 55.4 Å². The number of nitrogens with one attached hydrogen (secondary N) is 1. The summed E-state index contributed by atoms with van der Waals surface area (Å²) in [7, 11) is 0. The van der Waals surface area contributed by atoms with Gasteiger partial charge in [0.1, 0.15) is 23.9 Å². The van der Waals surface area contributed by atoms with E-state index in [1.54, 1.807) is 6.07 Å². The standard InChI is InChI=1S/C25H22F2N6O/c1-24(2)14-9-10-25(24,19-8-4-7-17(28-19)23-29-20(12-34)31-33-23)22-13(14)11-18(30-32-22)21-15(26)5-3-6-16(21)27/h3-8,11,14,34H,9-10,12H2,1-2H3,(H,29,31,33)/t14-,25-/m0/s1. The van der Waals surface area contributed by atoms with Crippen molar-refractivity contribution in [3.63, 3.8) is 0 Å². The zero-order valence-electron chi connectivity index (χ0n) is 18.7. The first-order valence-corrected chi connectivity index (χ1v) is 11.2. The number of rotatable bonds is 4. The topological polar surface area (TPSA) is 100 Å². The van der Waals surface area contributed by atoms with Crippen LogP contribution < -0.4 is 0 Å². The Balaban J connectivity index is 1.51. The van der Waals surface area contributed by atoms with Gasteiger partial charge in [-0.2, -0.15) is 5.10 Å². The van der Waals surface area contributed by atoms with Gasteiger partial charge in [-0.15, -0.1) is 15.3 Å². The molecule has 0 amide bonds. The van der Waals surface area contributed by atoms with Crippen LogP contribution in [0.15, 0.2) is 42.5 Å². The number of halogens is 2. The van der Waals surface area contributed by atoms with Crippen LogP contribution in [0.5, 0.6) is 0 Å². The van der Waals surface area contributed by atoms with Gasteiger partial charge < -0.3 is 10.1 Å². The molecule has 0 aliphatic heterocycles. The van der Waals surface area contributed by atoms with Crippen molar-refractivity contribution < 1.29 is 13.9 Å². The lowest BCUT2D eigenvalue weighted by molar-refractivity contribution is 0.243. The minimum absolute atomic E-state index is 0.155. The van der Waals surface area contributed by atoms with Gasteiger partial charge in [-0.1, -0.05) is 26.0 Å². The molecule has 0 spiro atoms. The van der Waals surface area contributed by atoms with E-state index in [1.165, 1.54) is 18.2 Å². The van der Waals surface area contributed by atoms with Gasteiger partial charge in [0.05, 0.1) is 28.1 Å². The number of nitrogens with zero attached hydrogens (tertiary/aromatic N) is 5. The molecule has 2 atom stereocenters. The SMILES string of the molecule is CC1(C)[C@H]2CC[C@]1(c1cccc(-c3nnc(CO)[nH]3)n1)c1nnc(-c3c(F)cccc3F)cc12. The molecular formula is C25H22F2N6O. The lowest BCUT2D eigenvalue weighted by Crippen LogP contribution is -2.37. The summed E-state index contributed by atoms with van der Waals surface area (Å²) >= 11 is 0. The van der Waals surface area contributed by atoms with Crippen LogP contribution in [0.3, 0.4) is 0 Å². The molecule has 1 fully saturated rings. The number of hydrogen-bond donors (Lipinski definition) is 2. The molecule has 2 N–H and O–H groups in total. The van der Waals surface area contributed by atoms with E-state index in [2.05, 4.69) is 39.2 Å². The second-order valence-corrected chi connectivity index (χ2v) is 9.53. The number of benzene rings is 1. The number of H-pyrrole nitrogens is 1. The first-order valence-electron chi connectivity index (χ1n) is 11.2. The van der Waals surface area contributed by atoms with Gasteiger partial charge in [0.15, 0.2) is 11.6 Å². The normalized spacial score (nSPS) is 22.2. The predicted octanol–water partition coefficient (Wildman–Crippen LogP) is 4.30. The Morgan fingerprint density at radius 3 is 2.50 bits per heavy atom. The third-order valence-electron chi connectivity index (χ3n) is 7.71. The third kappa shape index (κ3) is 2.67. The second-order valence-electron chi connectivity index (χ2n) is 9.53. The zero-order valence-corrected chi connectivity index (χ0v) is 18.7. The van der Waals surface area contributed by atoms with E-state index in [1.807, 2.05) is 18.2 Å². The molecule has 0 radical (unpaired) electrons. The minimum Gasteiger partial charge on any atom is -0.388 e. The van der Waals surface area contributed by atoms with Crippen LogP contribution in [0, 0.1) is 17.0 Å². The Morgan fingerprint density at radius 2 is 1.76 bits per heavy atom. The number of aliphatic hydroxyl groups excluding tert-OH is 1. The number of fused-ring (bicyclic) bond motifs is 5. The Bertz CT molecular complexity index is 1410. The van der Waals surface area contributed by atoms with Crippen molar-refractivity contribution in [2.75, 3.05) is 0 Å². The number of aromatic nitrogens is 6. The fourth-order valence-electron chi connectivity index (χ4n) is 6.04. The van der Waals surface area contributed by atoms with E-state index in [-0.39, 0.29) is 29.2 Å². The van der Waals surface area contributed by atoms with Crippen molar-refractivity contribution in [2.45, 2.75) is 44.6 Å². The van der Waals surface area contributed by atoms with Gasteiger partial charge in [0.25, 0.3) is 0 Å². The summed E-state index contributed by atoms with van der Waals surface area (Å²) in [6.07, 6.45) is 1.75. The molecule has 4 aromatic rings. The summed E-state index contributed by atoms with van der Waals surface area (Å²) in [5.41, 5.74) is 2.56. The fraction of sp³-hybridized carbons (Fsp3) is 0.320. The van der Waals surface area contributed by atoms with E-state index in [0.29, 0.717) is 17.3 Å². The molecule has 2 aliphatic rings. The average Bonchev–Trinajstić information content (AvgIpc) is 3.47. The number of aromatic amines is 1. The van der Waals surface area contributed by atoms with Crippen LogP contribution in [0.25, 0.3) is 22.8 Å². The second kappa shape index (κ2) is 7.20. The summed E-state index contributed by atoms with van der Waals surface area (Å²) in [5.74, 6) is -0.315. The maximum absolute atomic E-state index is 14.5. The maximum atomic E-state index is 14.5. The zero-order chi connectivity index (χ0) is 23.7. The molecule has 2 bridgehead atoms. The summed E-state index contributed by atoms with van der Waals surface area (Å²) in [6.45, 7) is 4.16. The van der Waals surface area contributed by atoms with E-state index in [9.17, 15) is 13.9 Å². The van der Waals surface area contributed by atoms with E-state index < -0.39 is 17.0 Å². The molecule has 0 saturated heterocycles. The molecule has 34 heavy (non-hydrogen) atoms. The predicted molar refractivity (Wildman–Crippen MR) is 119 cm³/mol. The molecule has 2 aliphatic carbocycles. The number of aliphatic hydroxyl groups is 1. The first kappa shape index (κ1) is 21.0. The van der Waals surface area contributed by atoms with E-state index in [4.69, 9.17) is 4.98 Å². The lowest BCUT2D eigenvalue weighted by Gasteiger charge is -2.37. The molecule has 3 aromatic heterocycles. The number of pyridine rings is 1. The Morgan fingerprint density at radius 1 is 1.00 bits per heavy atom. The van der Waals surface area contributed by atoms with Crippen LogP contribution in [0.4, 0.5) is 8.78 Å². The molecule has 1 aromatic carbocycles. The maximum Gasteiger partial charge on any atom is 0.180 e. The highest BCUT2D eigenvalue weighted by Crippen LogP contribution is 2.69. The van der Waals surface area contributed by atoms with Crippen molar-refractivity contribution in [1.29, 1.82) is 0 Å². The average molecular weight is 460 g/mol. The molecule has 0 unspecified atom stereocenters. The highest BCUT2D eigenvalue weighted by Gasteiger charge is 2.65. The molecular weight excluding hydrogens is 438 g/mol. The van der Waals surface area contributed by atoms with Crippen LogP contribution >= 0.6 is 0 Å². The fourth-order valence-corrected chi connectivity index (χ4v) is 6.04. The number of hydrogen-bond acceptors (Lipinski definition) is 6. The van der Waals surface area contributed by atoms with Crippen LogP contribution in [0.2, 0.25) is 0 Å². The minimum atomic E-state index is -0.657. The lowest BCUT2D eigenvalue weighted by atomic mass is 9.66. The molecule has 172 valence electrons. The largest absolute Gasteiger partial charge is 0.388 e. The smallest absolute Gasteiger partial charge is 0.180 e. The molecule has 6 rings (SSSR count). The molecule has 3 heterocycles. The quantitative estimate of drug-likeness (QED) is 0.471. The summed E-state index contributed by atoms with van der Waals surface area (Å²) in [6, 6.07) is 11.3. The molecule has 1 saturated carbocycles. The Hall–Kier alpha value is -3.59. The van der Waals surface area contributed by atoms with Gasteiger partial charge >= 0.3 is 0 Å². The van der Waals surface area contributed by atoms with Gasteiger partial charge in [-0.05, 0) is 60.1 Å². The Kier molecular flexibility index (Phi) is 4.44. The van der Waals surface area contributed by atoms with Gasteiger partial charge in [0.2, 0.25) is 0 Å². The van der Waals surface area contributed by atoms with Crippen LogP contribution in [-0.2, 0) is 12.0 Å². The summed E-state index contributed by atoms with van der Waals surface area (Å²) in [5, 5.41) is 26.2. The van der Waals surface area contributed by atoms with Crippen molar-refractivity contribution in [1.82, 2.24) is 30.4 Å². The van der Waals surface area contributed by atoms with Crippen LogP contribution in [-0.4, -0.2) is 35.5 Å². The highest BCUT2D eigenvalue weighted by molar-refractivity contribution is 5.64. The molecule has 9 heteroatoms. The molecule has 7 nitrogen and oxygen atoms in total. The first-order chi connectivity index (χ1) is 16.4. The van der Waals surface area contributed by atoms with E-state index >= 15 is 0 Å². The van der Waals surface area contributed by atoms with E-state index in [0.717, 1.165) is 29.8 Å². The monoisotopic (exact) mass is 460 g/mol. The van der Waals surface area contributed by atoms with Gasteiger partial charge in [-0.3, -0.25) is 0 Å².